The molecule has 0 unspecified atom stereocenters. The molecule has 0 aliphatic heterocycles. The summed E-state index contributed by atoms with van der Waals surface area (Å²) >= 11 is 7.11. The fourth-order valence-corrected chi connectivity index (χ4v) is 2.16. The molecule has 0 radical (unpaired) electrons. The molecule has 0 amide bonds. The lowest BCUT2D eigenvalue weighted by molar-refractivity contribution is -0.144. The van der Waals surface area contributed by atoms with E-state index >= 15 is 0 Å². The van der Waals surface area contributed by atoms with E-state index in [2.05, 4.69) is 4.98 Å². The number of likely N-dealkylation sites (N-methyl/N-ethyl adjacent to an activating group) is 1. The number of carbonyl (C=O) groups excluding carboxylic acids is 1. The van der Waals surface area contributed by atoms with Gasteiger partial charge >= 0.3 is 5.97 Å². The number of nitrogens with zero attached hydrogens (tertiary/aromatic N) is 2. The number of halogens is 1. The van der Waals surface area contributed by atoms with Gasteiger partial charge in [0.25, 0.3) is 0 Å². The van der Waals surface area contributed by atoms with Crippen molar-refractivity contribution in [2.45, 2.75) is 13.5 Å². The van der Waals surface area contributed by atoms with Crippen LogP contribution in [0, 0.1) is 0 Å². The second-order valence-corrected chi connectivity index (χ2v) is 4.75. The van der Waals surface area contributed by atoms with E-state index in [1.165, 1.54) is 11.3 Å². The Bertz CT molecular complexity index is 330. The van der Waals surface area contributed by atoms with Crippen molar-refractivity contribution in [3.63, 3.8) is 0 Å². The molecule has 15 heavy (non-hydrogen) atoms. The van der Waals surface area contributed by atoms with Gasteiger partial charge in [-0.2, -0.15) is 0 Å². The van der Waals surface area contributed by atoms with E-state index in [1.54, 1.807) is 13.1 Å². The lowest BCUT2D eigenvalue weighted by Gasteiger charge is -2.13. The van der Waals surface area contributed by atoms with Gasteiger partial charge in [-0.05, 0) is 14.0 Å². The van der Waals surface area contributed by atoms with Gasteiger partial charge < -0.3 is 4.74 Å². The molecular formula is C9H13ClN2O2S. The Labute approximate surface area is 97.8 Å². The lowest BCUT2D eigenvalue weighted by Crippen LogP contribution is -2.26. The number of esters is 1. The van der Waals surface area contributed by atoms with Crippen molar-refractivity contribution in [1.82, 2.24) is 9.88 Å². The maximum absolute atomic E-state index is 11.1. The van der Waals surface area contributed by atoms with Crippen LogP contribution in [-0.4, -0.2) is 36.1 Å². The molecular weight excluding hydrogens is 236 g/mol. The molecule has 1 rings (SSSR count). The highest BCUT2D eigenvalue weighted by Gasteiger charge is 2.09. The summed E-state index contributed by atoms with van der Waals surface area (Å²) in [7, 11) is 1.85. The summed E-state index contributed by atoms with van der Waals surface area (Å²) in [6, 6.07) is 0. The van der Waals surface area contributed by atoms with Crippen molar-refractivity contribution in [1.29, 1.82) is 0 Å². The molecule has 84 valence electrons. The quantitative estimate of drug-likeness (QED) is 0.746. The Hall–Kier alpha value is -0.650. The molecule has 0 N–H and O–H groups in total. The van der Waals surface area contributed by atoms with Gasteiger partial charge in [0.15, 0.2) is 4.47 Å². The van der Waals surface area contributed by atoms with E-state index in [1.807, 2.05) is 11.9 Å². The molecule has 1 aromatic heterocycles. The fourth-order valence-electron chi connectivity index (χ4n) is 1.11. The molecule has 0 aliphatic carbocycles. The molecule has 0 spiro atoms. The molecule has 4 nitrogen and oxygen atoms in total. The summed E-state index contributed by atoms with van der Waals surface area (Å²) in [5.41, 5.74) is 0. The summed E-state index contributed by atoms with van der Waals surface area (Å²) in [4.78, 5) is 18.0. The Morgan fingerprint density at radius 2 is 2.47 bits per heavy atom. The summed E-state index contributed by atoms with van der Waals surface area (Å²) in [6.45, 7) is 3.15. The number of thiazole rings is 1. The molecule has 0 fully saturated rings. The minimum absolute atomic E-state index is 0.212. The smallest absolute Gasteiger partial charge is 0.320 e. The molecule has 1 aromatic rings. The predicted octanol–water partition coefficient (Wildman–Crippen LogP) is 1.79. The van der Waals surface area contributed by atoms with Gasteiger partial charge in [0.05, 0.1) is 13.2 Å². The predicted molar refractivity (Wildman–Crippen MR) is 60.1 cm³/mol. The van der Waals surface area contributed by atoms with Crippen LogP contribution in [0.2, 0.25) is 4.47 Å². The number of hydrogen-bond donors (Lipinski definition) is 0. The molecule has 6 heteroatoms. The first-order valence-corrected chi connectivity index (χ1v) is 5.75. The number of hydrogen-bond acceptors (Lipinski definition) is 5. The van der Waals surface area contributed by atoms with Crippen LogP contribution in [-0.2, 0) is 16.1 Å². The van der Waals surface area contributed by atoms with E-state index < -0.39 is 0 Å². The van der Waals surface area contributed by atoms with Crippen molar-refractivity contribution >= 4 is 28.9 Å². The van der Waals surface area contributed by atoms with Gasteiger partial charge in [-0.25, -0.2) is 4.98 Å². The highest BCUT2D eigenvalue weighted by molar-refractivity contribution is 7.15. The van der Waals surface area contributed by atoms with Crippen LogP contribution in [0.4, 0.5) is 0 Å². The maximum Gasteiger partial charge on any atom is 0.320 e. The fraction of sp³-hybridized carbons (Fsp3) is 0.556. The summed E-state index contributed by atoms with van der Waals surface area (Å²) in [5, 5.41) is 0. The van der Waals surface area contributed by atoms with Gasteiger partial charge in [-0.1, -0.05) is 11.6 Å². The molecule has 1 heterocycles. The van der Waals surface area contributed by atoms with Crippen LogP contribution in [0.25, 0.3) is 0 Å². The second kappa shape index (κ2) is 6.05. The van der Waals surface area contributed by atoms with E-state index in [0.29, 0.717) is 17.6 Å². The van der Waals surface area contributed by atoms with E-state index in [0.717, 1.165) is 4.88 Å². The topological polar surface area (TPSA) is 42.4 Å². The van der Waals surface area contributed by atoms with E-state index in [4.69, 9.17) is 16.3 Å². The third-order valence-electron chi connectivity index (χ3n) is 1.66. The van der Waals surface area contributed by atoms with Crippen LogP contribution >= 0.6 is 22.9 Å². The van der Waals surface area contributed by atoms with Crippen molar-refractivity contribution in [2.75, 3.05) is 20.2 Å². The summed E-state index contributed by atoms with van der Waals surface area (Å²) < 4.78 is 5.36. The first-order chi connectivity index (χ1) is 7.11. The number of carbonyl (C=O) groups is 1. The highest BCUT2D eigenvalue weighted by atomic mass is 35.5. The number of rotatable bonds is 5. The lowest BCUT2D eigenvalue weighted by atomic mass is 10.4. The zero-order valence-electron chi connectivity index (χ0n) is 8.70. The largest absolute Gasteiger partial charge is 0.465 e. The van der Waals surface area contributed by atoms with Crippen molar-refractivity contribution in [2.24, 2.45) is 0 Å². The minimum Gasteiger partial charge on any atom is -0.465 e. The standard InChI is InChI=1S/C9H13ClN2O2S/c1-3-14-8(13)6-12(2)5-7-4-11-9(10)15-7/h4H,3,5-6H2,1-2H3. The Kier molecular flexibility index (Phi) is 5.01. The highest BCUT2D eigenvalue weighted by Crippen LogP contribution is 2.18. The number of aromatic nitrogens is 1. The Morgan fingerprint density at radius 1 is 1.73 bits per heavy atom. The average molecular weight is 249 g/mol. The second-order valence-electron chi connectivity index (χ2n) is 3.06. The summed E-state index contributed by atoms with van der Waals surface area (Å²) in [5.74, 6) is -0.212. The van der Waals surface area contributed by atoms with Crippen LogP contribution < -0.4 is 0 Å². The monoisotopic (exact) mass is 248 g/mol. The van der Waals surface area contributed by atoms with Crippen LogP contribution in [0.15, 0.2) is 6.20 Å². The molecule has 0 atom stereocenters. The summed E-state index contributed by atoms with van der Waals surface area (Å²) in [6.07, 6.45) is 1.72. The first-order valence-electron chi connectivity index (χ1n) is 4.56. The number of ether oxygens (including phenoxy) is 1. The van der Waals surface area contributed by atoms with E-state index in [-0.39, 0.29) is 12.5 Å². The molecule has 0 aromatic carbocycles. The van der Waals surface area contributed by atoms with Gasteiger partial charge in [-0.15, -0.1) is 11.3 Å². The van der Waals surface area contributed by atoms with Gasteiger partial charge in [0.1, 0.15) is 0 Å². The normalized spacial score (nSPS) is 10.7. The SMILES string of the molecule is CCOC(=O)CN(C)Cc1cnc(Cl)s1. The third-order valence-corrected chi connectivity index (χ3v) is 2.76. The van der Waals surface area contributed by atoms with Gasteiger partial charge in [-0.3, -0.25) is 9.69 Å². The zero-order chi connectivity index (χ0) is 11.3. The molecule has 0 saturated carbocycles. The van der Waals surface area contributed by atoms with Gasteiger partial charge in [0.2, 0.25) is 0 Å². The first kappa shape index (κ1) is 12.4. The third kappa shape index (κ3) is 4.59. The zero-order valence-corrected chi connectivity index (χ0v) is 10.3. The van der Waals surface area contributed by atoms with Gasteiger partial charge in [0, 0.05) is 17.6 Å². The van der Waals surface area contributed by atoms with Crippen molar-refractivity contribution < 1.29 is 9.53 Å². The van der Waals surface area contributed by atoms with Crippen molar-refractivity contribution in [3.8, 4) is 0 Å². The average Bonchev–Trinajstić information content (AvgIpc) is 2.51. The molecule has 0 aliphatic rings. The maximum atomic E-state index is 11.1. The van der Waals surface area contributed by atoms with Crippen LogP contribution in [0.3, 0.4) is 0 Å². The van der Waals surface area contributed by atoms with Crippen LogP contribution in [0.1, 0.15) is 11.8 Å². The van der Waals surface area contributed by atoms with Crippen LogP contribution in [0.5, 0.6) is 0 Å². The molecule has 0 saturated heterocycles. The van der Waals surface area contributed by atoms with E-state index in [9.17, 15) is 4.79 Å². The Balaban J connectivity index is 2.35. The van der Waals surface area contributed by atoms with Crippen molar-refractivity contribution in [3.05, 3.63) is 15.5 Å². The Morgan fingerprint density at radius 3 is 3.00 bits per heavy atom. The minimum atomic E-state index is -0.212. The molecule has 0 bridgehead atoms.